The van der Waals surface area contributed by atoms with Gasteiger partial charge >= 0.3 is 5.97 Å². The molecule has 1 N–H and O–H groups in total. The van der Waals surface area contributed by atoms with Gasteiger partial charge in [0.2, 0.25) is 0 Å². The molecule has 15 heavy (non-hydrogen) atoms. The van der Waals surface area contributed by atoms with Gasteiger partial charge < -0.3 is 9.84 Å². The largest absolute Gasteiger partial charge is 0.480 e. The average molecular weight is 215 g/mol. The fourth-order valence-electron chi connectivity index (χ4n) is 2.03. The van der Waals surface area contributed by atoms with E-state index >= 15 is 0 Å². The van der Waals surface area contributed by atoms with Gasteiger partial charge in [0.15, 0.2) is 0 Å². The van der Waals surface area contributed by atoms with Crippen LogP contribution in [-0.2, 0) is 9.53 Å². The van der Waals surface area contributed by atoms with E-state index in [1.54, 1.807) is 6.92 Å². The number of carbonyl (C=O) groups is 1. The van der Waals surface area contributed by atoms with Crippen molar-refractivity contribution in [1.29, 1.82) is 0 Å². The number of carboxylic acids is 1. The van der Waals surface area contributed by atoms with Crippen LogP contribution in [0.4, 0.5) is 0 Å². The van der Waals surface area contributed by atoms with E-state index in [9.17, 15) is 4.79 Å². The molecule has 0 aliphatic carbocycles. The Morgan fingerprint density at radius 2 is 2.27 bits per heavy atom. The molecule has 4 nitrogen and oxygen atoms in total. The van der Waals surface area contributed by atoms with Gasteiger partial charge in [-0.25, -0.2) is 0 Å². The third-order valence-electron chi connectivity index (χ3n) is 3.24. The molecule has 0 aromatic carbocycles. The molecule has 0 amide bonds. The normalized spacial score (nSPS) is 29.3. The van der Waals surface area contributed by atoms with Gasteiger partial charge in [-0.1, -0.05) is 6.92 Å². The van der Waals surface area contributed by atoms with Crippen LogP contribution in [-0.4, -0.2) is 48.3 Å². The number of aliphatic carboxylic acids is 1. The van der Waals surface area contributed by atoms with Crippen LogP contribution in [0.3, 0.4) is 0 Å². The van der Waals surface area contributed by atoms with E-state index < -0.39 is 5.97 Å². The highest BCUT2D eigenvalue weighted by molar-refractivity contribution is 5.72. The molecule has 0 spiro atoms. The predicted octanol–water partition coefficient (Wildman–Crippen LogP) is 1.06. The lowest BCUT2D eigenvalue weighted by atomic mass is 9.99. The Morgan fingerprint density at radius 3 is 2.80 bits per heavy atom. The van der Waals surface area contributed by atoms with Gasteiger partial charge in [0.05, 0.1) is 6.61 Å². The van der Waals surface area contributed by atoms with Crippen LogP contribution in [0, 0.1) is 11.8 Å². The predicted molar refractivity (Wildman–Crippen MR) is 57.8 cm³/mol. The first-order valence-corrected chi connectivity index (χ1v) is 5.60. The summed E-state index contributed by atoms with van der Waals surface area (Å²) in [5, 5.41) is 8.92. The maximum absolute atomic E-state index is 10.8. The summed E-state index contributed by atoms with van der Waals surface area (Å²) in [6.45, 7) is 9.09. The Hall–Kier alpha value is -0.610. The quantitative estimate of drug-likeness (QED) is 0.745. The third-order valence-corrected chi connectivity index (χ3v) is 3.24. The first-order valence-electron chi connectivity index (χ1n) is 5.60. The lowest BCUT2D eigenvalue weighted by molar-refractivity contribution is -0.142. The van der Waals surface area contributed by atoms with Crippen molar-refractivity contribution in [2.45, 2.75) is 26.8 Å². The lowest BCUT2D eigenvalue weighted by Crippen LogP contribution is -2.37. The number of rotatable bonds is 5. The summed E-state index contributed by atoms with van der Waals surface area (Å²) in [5.74, 6) is 0.268. The number of ether oxygens (including phenoxy) is 1. The summed E-state index contributed by atoms with van der Waals surface area (Å²) in [6.07, 6.45) is 0. The maximum atomic E-state index is 10.8. The molecule has 88 valence electrons. The molecule has 4 heteroatoms. The highest BCUT2D eigenvalue weighted by Crippen LogP contribution is 2.24. The molecule has 0 bridgehead atoms. The van der Waals surface area contributed by atoms with Crippen molar-refractivity contribution in [2.24, 2.45) is 11.8 Å². The monoisotopic (exact) mass is 215 g/mol. The Kier molecular flexibility index (Phi) is 4.54. The zero-order valence-corrected chi connectivity index (χ0v) is 9.77. The van der Waals surface area contributed by atoms with Crippen LogP contribution in [0.5, 0.6) is 0 Å². The Bertz CT molecular complexity index is 220. The summed E-state index contributed by atoms with van der Waals surface area (Å²) < 4.78 is 5.40. The maximum Gasteiger partial charge on any atom is 0.320 e. The number of carboxylic acid groups (broad SMARTS) is 1. The van der Waals surface area contributed by atoms with E-state index in [-0.39, 0.29) is 6.04 Å². The van der Waals surface area contributed by atoms with E-state index in [1.807, 2.05) is 11.8 Å². The Labute approximate surface area is 91.2 Å². The smallest absolute Gasteiger partial charge is 0.320 e. The number of likely N-dealkylation sites (tertiary alicyclic amines) is 1. The fourth-order valence-corrected chi connectivity index (χ4v) is 2.03. The van der Waals surface area contributed by atoms with Crippen LogP contribution in [0.1, 0.15) is 20.8 Å². The Balaban J connectivity index is 2.44. The van der Waals surface area contributed by atoms with Crippen molar-refractivity contribution in [2.75, 3.05) is 26.3 Å². The topological polar surface area (TPSA) is 49.8 Å². The van der Waals surface area contributed by atoms with Gasteiger partial charge in [-0.05, 0) is 25.7 Å². The van der Waals surface area contributed by atoms with Crippen molar-refractivity contribution >= 4 is 5.97 Å². The van der Waals surface area contributed by atoms with Crippen molar-refractivity contribution < 1.29 is 14.6 Å². The first kappa shape index (κ1) is 12.5. The highest BCUT2D eigenvalue weighted by atomic mass is 16.5. The number of nitrogens with zero attached hydrogens (tertiary/aromatic N) is 1. The Morgan fingerprint density at radius 1 is 1.60 bits per heavy atom. The summed E-state index contributed by atoms with van der Waals surface area (Å²) in [5.41, 5.74) is 0. The van der Waals surface area contributed by atoms with E-state index in [4.69, 9.17) is 9.84 Å². The van der Waals surface area contributed by atoms with Gasteiger partial charge in [-0.2, -0.15) is 0 Å². The van der Waals surface area contributed by atoms with Crippen LogP contribution < -0.4 is 0 Å². The van der Waals surface area contributed by atoms with Crippen molar-refractivity contribution in [3.63, 3.8) is 0 Å². The third kappa shape index (κ3) is 3.18. The lowest BCUT2D eigenvalue weighted by Gasteiger charge is -2.20. The minimum Gasteiger partial charge on any atom is -0.480 e. The average Bonchev–Trinajstić information content (AvgIpc) is 2.55. The van der Waals surface area contributed by atoms with Gasteiger partial charge in [0.1, 0.15) is 6.04 Å². The zero-order valence-electron chi connectivity index (χ0n) is 9.77. The molecule has 0 unspecified atom stereocenters. The van der Waals surface area contributed by atoms with Gasteiger partial charge in [0.25, 0.3) is 0 Å². The van der Waals surface area contributed by atoms with E-state index in [2.05, 4.69) is 6.92 Å². The molecule has 1 rings (SSSR count). The molecule has 0 aromatic heterocycles. The summed E-state index contributed by atoms with van der Waals surface area (Å²) in [7, 11) is 0. The van der Waals surface area contributed by atoms with Crippen LogP contribution in [0.2, 0.25) is 0 Å². The number of hydrogen-bond donors (Lipinski definition) is 1. The van der Waals surface area contributed by atoms with Crippen LogP contribution in [0.25, 0.3) is 0 Å². The molecule has 0 radical (unpaired) electrons. The summed E-state index contributed by atoms with van der Waals surface area (Å²) >= 11 is 0. The second-order valence-electron chi connectivity index (χ2n) is 4.36. The molecule has 3 atom stereocenters. The summed E-state index contributed by atoms with van der Waals surface area (Å²) in [6, 6.07) is -0.376. The molecular weight excluding hydrogens is 194 g/mol. The van der Waals surface area contributed by atoms with Gasteiger partial charge in [-0.15, -0.1) is 0 Å². The minimum atomic E-state index is -0.737. The SMILES string of the molecule is CCOC[C@@H]1CN([C@H](C)C(=O)O)C[C@H]1C. The first-order chi connectivity index (χ1) is 7.06. The molecule has 1 aliphatic rings. The van der Waals surface area contributed by atoms with Crippen molar-refractivity contribution in [1.82, 2.24) is 4.90 Å². The second kappa shape index (κ2) is 5.47. The standard InChI is InChI=1S/C11H21NO3/c1-4-15-7-10-6-12(5-8(10)2)9(3)11(13)14/h8-10H,4-7H2,1-3H3,(H,13,14)/t8-,9-,10+/m1/s1. The summed E-state index contributed by atoms with van der Waals surface area (Å²) in [4.78, 5) is 12.9. The molecule has 1 heterocycles. The number of hydrogen-bond acceptors (Lipinski definition) is 3. The molecule has 0 aromatic rings. The highest BCUT2D eigenvalue weighted by Gasteiger charge is 2.34. The van der Waals surface area contributed by atoms with E-state index in [0.717, 1.165) is 26.3 Å². The molecule has 1 saturated heterocycles. The molecule has 0 saturated carbocycles. The zero-order chi connectivity index (χ0) is 11.4. The van der Waals surface area contributed by atoms with E-state index in [1.165, 1.54) is 0 Å². The molecule has 1 fully saturated rings. The van der Waals surface area contributed by atoms with Crippen LogP contribution in [0.15, 0.2) is 0 Å². The van der Waals surface area contributed by atoms with Crippen molar-refractivity contribution in [3.05, 3.63) is 0 Å². The van der Waals surface area contributed by atoms with E-state index in [0.29, 0.717) is 11.8 Å². The van der Waals surface area contributed by atoms with Gasteiger partial charge in [0, 0.05) is 19.7 Å². The second-order valence-corrected chi connectivity index (χ2v) is 4.36. The minimum absolute atomic E-state index is 0.376. The fraction of sp³-hybridized carbons (Fsp3) is 0.909. The molecular formula is C11H21NO3. The van der Waals surface area contributed by atoms with Crippen LogP contribution >= 0.6 is 0 Å². The van der Waals surface area contributed by atoms with Crippen molar-refractivity contribution in [3.8, 4) is 0 Å². The molecule has 1 aliphatic heterocycles. The van der Waals surface area contributed by atoms with Gasteiger partial charge in [-0.3, -0.25) is 9.69 Å².